The van der Waals surface area contributed by atoms with Gasteiger partial charge in [0.1, 0.15) is 0 Å². The number of anilines is 1. The van der Waals surface area contributed by atoms with Gasteiger partial charge >= 0.3 is 6.03 Å². The van der Waals surface area contributed by atoms with Gasteiger partial charge in [-0.3, -0.25) is 10.1 Å². The molecule has 20 heavy (non-hydrogen) atoms. The number of hydrogen-bond acceptors (Lipinski definition) is 4. The Bertz CT molecular complexity index is 489. The van der Waals surface area contributed by atoms with Crippen molar-refractivity contribution >= 4 is 17.4 Å². The van der Waals surface area contributed by atoms with Crippen LogP contribution in [0.5, 0.6) is 0 Å². The van der Waals surface area contributed by atoms with E-state index in [1.54, 1.807) is 4.90 Å². The van der Waals surface area contributed by atoms with Gasteiger partial charge in [-0.2, -0.15) is 0 Å². The highest BCUT2D eigenvalue weighted by molar-refractivity contribution is 5.89. The molecule has 1 heterocycles. The van der Waals surface area contributed by atoms with Crippen LogP contribution in [0.15, 0.2) is 24.3 Å². The van der Waals surface area contributed by atoms with E-state index in [0.717, 1.165) is 19.3 Å². The second kappa shape index (κ2) is 6.33. The maximum absolute atomic E-state index is 12.1. The molecule has 0 bridgehead atoms. The summed E-state index contributed by atoms with van der Waals surface area (Å²) in [7, 11) is 0. The van der Waals surface area contributed by atoms with E-state index in [1.807, 2.05) is 0 Å². The molecule has 1 aliphatic heterocycles. The number of nitro groups is 1. The predicted octanol–water partition coefficient (Wildman–Crippen LogP) is 1.97. The zero-order valence-corrected chi connectivity index (χ0v) is 11.0. The third kappa shape index (κ3) is 3.24. The van der Waals surface area contributed by atoms with Crippen LogP contribution in [0.2, 0.25) is 0 Å². The zero-order chi connectivity index (χ0) is 14.5. The fourth-order valence-corrected chi connectivity index (χ4v) is 2.32. The van der Waals surface area contributed by atoms with Gasteiger partial charge in [-0.1, -0.05) is 0 Å². The molecule has 2 rings (SSSR count). The van der Waals surface area contributed by atoms with Crippen LogP contribution in [0.3, 0.4) is 0 Å². The average molecular weight is 279 g/mol. The van der Waals surface area contributed by atoms with Crippen LogP contribution in [0, 0.1) is 10.1 Å². The molecule has 0 aromatic heterocycles. The van der Waals surface area contributed by atoms with Gasteiger partial charge in [0.25, 0.3) is 5.69 Å². The summed E-state index contributed by atoms with van der Waals surface area (Å²) in [5, 5.41) is 22.5. The summed E-state index contributed by atoms with van der Waals surface area (Å²) in [5.74, 6) is 0. The third-order valence-corrected chi connectivity index (χ3v) is 3.43. The Morgan fingerprint density at radius 3 is 2.70 bits per heavy atom. The summed E-state index contributed by atoms with van der Waals surface area (Å²) in [5.41, 5.74) is 0.483. The summed E-state index contributed by atoms with van der Waals surface area (Å²) < 4.78 is 0. The minimum atomic E-state index is -0.488. The number of nitro benzene ring substituents is 1. The Morgan fingerprint density at radius 2 is 2.10 bits per heavy atom. The summed E-state index contributed by atoms with van der Waals surface area (Å²) in [6, 6.07) is 5.24. The van der Waals surface area contributed by atoms with Crippen molar-refractivity contribution < 1.29 is 14.8 Å². The Balaban J connectivity index is 2.01. The maximum atomic E-state index is 12.1. The van der Waals surface area contributed by atoms with Crippen LogP contribution in [-0.4, -0.2) is 40.2 Å². The SMILES string of the molecule is O=C(Nc1ccc([N+](=O)[O-])cc1)N1CCCCC1CO. The van der Waals surface area contributed by atoms with Crippen molar-refractivity contribution in [3.8, 4) is 0 Å². The van der Waals surface area contributed by atoms with Crippen molar-refractivity contribution in [3.05, 3.63) is 34.4 Å². The summed E-state index contributed by atoms with van der Waals surface area (Å²) >= 11 is 0. The zero-order valence-electron chi connectivity index (χ0n) is 11.0. The van der Waals surface area contributed by atoms with Crippen molar-refractivity contribution in [1.82, 2.24) is 4.90 Å². The number of benzene rings is 1. The van der Waals surface area contributed by atoms with Crippen LogP contribution in [0.25, 0.3) is 0 Å². The van der Waals surface area contributed by atoms with Gasteiger partial charge in [0.05, 0.1) is 17.6 Å². The van der Waals surface area contributed by atoms with E-state index in [9.17, 15) is 20.0 Å². The number of carbonyl (C=O) groups excluding carboxylic acids is 1. The van der Waals surface area contributed by atoms with Gasteiger partial charge in [0.2, 0.25) is 0 Å². The topological polar surface area (TPSA) is 95.7 Å². The molecule has 7 nitrogen and oxygen atoms in total. The molecule has 1 aliphatic rings. The van der Waals surface area contributed by atoms with E-state index in [0.29, 0.717) is 12.2 Å². The van der Waals surface area contributed by atoms with Crippen molar-refractivity contribution in [1.29, 1.82) is 0 Å². The van der Waals surface area contributed by atoms with Crippen molar-refractivity contribution in [2.24, 2.45) is 0 Å². The van der Waals surface area contributed by atoms with E-state index in [2.05, 4.69) is 5.32 Å². The second-order valence-electron chi connectivity index (χ2n) is 4.76. The first kappa shape index (κ1) is 14.3. The molecule has 1 atom stereocenters. The fraction of sp³-hybridized carbons (Fsp3) is 0.462. The number of rotatable bonds is 3. The lowest BCUT2D eigenvalue weighted by atomic mass is 10.0. The van der Waals surface area contributed by atoms with E-state index in [1.165, 1.54) is 24.3 Å². The monoisotopic (exact) mass is 279 g/mol. The molecule has 0 spiro atoms. The van der Waals surface area contributed by atoms with Gasteiger partial charge in [0, 0.05) is 24.4 Å². The third-order valence-electron chi connectivity index (χ3n) is 3.43. The Kier molecular flexibility index (Phi) is 4.52. The number of likely N-dealkylation sites (tertiary alicyclic amines) is 1. The highest BCUT2D eigenvalue weighted by atomic mass is 16.6. The number of piperidine rings is 1. The number of non-ortho nitro benzene ring substituents is 1. The highest BCUT2D eigenvalue weighted by Gasteiger charge is 2.26. The fourth-order valence-electron chi connectivity index (χ4n) is 2.32. The minimum Gasteiger partial charge on any atom is -0.394 e. The van der Waals surface area contributed by atoms with Gasteiger partial charge < -0.3 is 15.3 Å². The number of nitrogens with one attached hydrogen (secondary N) is 1. The smallest absolute Gasteiger partial charge is 0.322 e. The Labute approximate surface area is 116 Å². The van der Waals surface area contributed by atoms with E-state index < -0.39 is 4.92 Å². The van der Waals surface area contributed by atoms with E-state index in [4.69, 9.17) is 0 Å². The first-order chi connectivity index (χ1) is 9.61. The number of hydrogen-bond donors (Lipinski definition) is 2. The van der Waals surface area contributed by atoms with Crippen LogP contribution >= 0.6 is 0 Å². The summed E-state index contributed by atoms with van der Waals surface area (Å²) in [4.78, 5) is 23.8. The highest BCUT2D eigenvalue weighted by Crippen LogP contribution is 2.19. The van der Waals surface area contributed by atoms with Gasteiger partial charge in [-0.15, -0.1) is 0 Å². The maximum Gasteiger partial charge on any atom is 0.322 e. The lowest BCUT2D eigenvalue weighted by Gasteiger charge is -2.34. The largest absolute Gasteiger partial charge is 0.394 e. The molecule has 0 saturated carbocycles. The summed E-state index contributed by atoms with van der Waals surface area (Å²) in [6.45, 7) is 0.567. The van der Waals surface area contributed by atoms with Gasteiger partial charge in [-0.05, 0) is 31.4 Å². The number of nitrogens with zero attached hydrogens (tertiary/aromatic N) is 2. The van der Waals surface area contributed by atoms with Crippen LogP contribution < -0.4 is 5.32 Å². The van der Waals surface area contributed by atoms with Gasteiger partial charge in [-0.25, -0.2) is 4.79 Å². The van der Waals surface area contributed by atoms with Crippen molar-refractivity contribution in [2.75, 3.05) is 18.5 Å². The van der Waals surface area contributed by atoms with Crippen molar-refractivity contribution in [3.63, 3.8) is 0 Å². The quantitative estimate of drug-likeness (QED) is 0.653. The molecule has 0 radical (unpaired) electrons. The Hall–Kier alpha value is -2.15. The van der Waals surface area contributed by atoms with Crippen LogP contribution in [-0.2, 0) is 0 Å². The molecule has 1 fully saturated rings. The molecule has 7 heteroatoms. The van der Waals surface area contributed by atoms with Gasteiger partial charge in [0.15, 0.2) is 0 Å². The molecular formula is C13H17N3O4. The minimum absolute atomic E-state index is 0.0193. The van der Waals surface area contributed by atoms with Crippen molar-refractivity contribution in [2.45, 2.75) is 25.3 Å². The lowest BCUT2D eigenvalue weighted by Crippen LogP contribution is -2.47. The molecular weight excluding hydrogens is 262 g/mol. The number of carbonyl (C=O) groups is 1. The molecule has 108 valence electrons. The number of aliphatic hydroxyl groups excluding tert-OH is 1. The summed E-state index contributed by atoms with van der Waals surface area (Å²) in [6.07, 6.45) is 2.72. The second-order valence-corrected chi connectivity index (χ2v) is 4.76. The average Bonchev–Trinajstić information content (AvgIpc) is 2.47. The molecule has 1 aromatic carbocycles. The van der Waals surface area contributed by atoms with E-state index in [-0.39, 0.29) is 24.4 Å². The molecule has 0 aliphatic carbocycles. The number of amides is 2. The molecule has 2 amide bonds. The molecule has 1 unspecified atom stereocenters. The van der Waals surface area contributed by atoms with E-state index >= 15 is 0 Å². The Morgan fingerprint density at radius 1 is 1.40 bits per heavy atom. The number of urea groups is 1. The standard InChI is InChI=1S/C13H17N3O4/c17-9-12-3-1-2-8-15(12)13(18)14-10-4-6-11(7-5-10)16(19)20/h4-7,12,17H,1-3,8-9H2,(H,14,18). The molecule has 1 aromatic rings. The molecule has 2 N–H and O–H groups in total. The number of aliphatic hydroxyl groups is 1. The van der Waals surface area contributed by atoms with Crippen LogP contribution in [0.1, 0.15) is 19.3 Å². The predicted molar refractivity (Wildman–Crippen MR) is 73.5 cm³/mol. The normalized spacial score (nSPS) is 18.6. The lowest BCUT2D eigenvalue weighted by molar-refractivity contribution is -0.384. The first-order valence-electron chi connectivity index (χ1n) is 6.55. The molecule has 1 saturated heterocycles. The van der Waals surface area contributed by atoms with Crippen LogP contribution in [0.4, 0.5) is 16.2 Å². The first-order valence-corrected chi connectivity index (χ1v) is 6.55.